The van der Waals surface area contributed by atoms with E-state index in [2.05, 4.69) is 57.3 Å². The Hall–Kier alpha value is -0.820. The molecule has 1 N–H and O–H groups in total. The minimum absolute atomic E-state index is 0.598. The Morgan fingerprint density at radius 3 is 2.44 bits per heavy atom. The third kappa shape index (κ3) is 3.34. The lowest BCUT2D eigenvalue weighted by Crippen LogP contribution is -2.33. The minimum Gasteiger partial charge on any atom is -0.314 e. The monoisotopic (exact) mass is 219 g/mol. The van der Waals surface area contributed by atoms with E-state index in [0.717, 1.165) is 6.54 Å². The highest BCUT2D eigenvalue weighted by molar-refractivity contribution is 5.29. The topological polar surface area (TPSA) is 12.0 Å². The summed E-state index contributed by atoms with van der Waals surface area (Å²) in [6, 6.07) is 9.35. The molecule has 1 aromatic carbocycles. The molecule has 0 aliphatic heterocycles. The van der Waals surface area contributed by atoms with Crippen LogP contribution in [0.25, 0.3) is 0 Å². The Morgan fingerprint density at radius 1 is 1.19 bits per heavy atom. The summed E-state index contributed by atoms with van der Waals surface area (Å²) in [7, 11) is 0. The summed E-state index contributed by atoms with van der Waals surface area (Å²) in [5.41, 5.74) is 2.90. The lowest BCUT2D eigenvalue weighted by molar-refractivity contribution is 0.429. The maximum absolute atomic E-state index is 3.61. The highest BCUT2D eigenvalue weighted by Gasteiger charge is 2.18. The van der Waals surface area contributed by atoms with E-state index in [4.69, 9.17) is 0 Å². The molecule has 1 nitrogen and oxygen atoms in total. The predicted molar refractivity (Wildman–Crippen MR) is 72.0 cm³/mol. The number of hydrogen-bond donors (Lipinski definition) is 1. The molecule has 0 spiro atoms. The molecule has 2 atom stereocenters. The summed E-state index contributed by atoms with van der Waals surface area (Å²) < 4.78 is 0. The number of rotatable bonds is 6. The molecular weight excluding hydrogens is 194 g/mol. The molecule has 0 aliphatic rings. The first-order valence-corrected chi connectivity index (χ1v) is 6.49. The molecule has 16 heavy (non-hydrogen) atoms. The van der Waals surface area contributed by atoms with E-state index in [1.165, 1.54) is 24.0 Å². The lowest BCUT2D eigenvalue weighted by Gasteiger charge is -2.26. The Labute approximate surface area is 100 Å². The first-order chi connectivity index (χ1) is 7.70. The van der Waals surface area contributed by atoms with Crippen molar-refractivity contribution in [2.45, 2.75) is 52.5 Å². The first kappa shape index (κ1) is 13.2. The van der Waals surface area contributed by atoms with Crippen LogP contribution in [0.15, 0.2) is 24.3 Å². The summed E-state index contributed by atoms with van der Waals surface area (Å²) >= 11 is 0. The maximum atomic E-state index is 3.61. The van der Waals surface area contributed by atoms with Crippen molar-refractivity contribution in [2.24, 2.45) is 0 Å². The van der Waals surface area contributed by atoms with Gasteiger partial charge in [0, 0.05) is 6.04 Å². The van der Waals surface area contributed by atoms with Crippen molar-refractivity contribution >= 4 is 0 Å². The smallest absolute Gasteiger partial charge is 0.0133 e. The molecule has 0 fully saturated rings. The summed E-state index contributed by atoms with van der Waals surface area (Å²) in [6.07, 6.45) is 2.50. The second-order valence-corrected chi connectivity index (χ2v) is 4.60. The SMILES string of the molecule is CCCC(NCC)C(C)c1ccccc1C. The lowest BCUT2D eigenvalue weighted by atomic mass is 9.88. The van der Waals surface area contributed by atoms with Gasteiger partial charge < -0.3 is 5.32 Å². The first-order valence-electron chi connectivity index (χ1n) is 6.49. The Morgan fingerprint density at radius 2 is 1.88 bits per heavy atom. The zero-order chi connectivity index (χ0) is 12.0. The van der Waals surface area contributed by atoms with E-state index in [0.29, 0.717) is 12.0 Å². The zero-order valence-electron chi connectivity index (χ0n) is 11.1. The van der Waals surface area contributed by atoms with E-state index >= 15 is 0 Å². The van der Waals surface area contributed by atoms with Gasteiger partial charge in [-0.2, -0.15) is 0 Å². The van der Waals surface area contributed by atoms with Crippen molar-refractivity contribution in [3.05, 3.63) is 35.4 Å². The Kier molecular flexibility index (Phi) is 5.54. The number of benzene rings is 1. The Balaban J connectivity index is 2.81. The van der Waals surface area contributed by atoms with Crippen LogP contribution in [0.2, 0.25) is 0 Å². The van der Waals surface area contributed by atoms with Gasteiger partial charge in [-0.3, -0.25) is 0 Å². The highest BCUT2D eigenvalue weighted by atomic mass is 14.9. The van der Waals surface area contributed by atoms with E-state index in [1.54, 1.807) is 0 Å². The van der Waals surface area contributed by atoms with Crippen molar-refractivity contribution in [3.63, 3.8) is 0 Å². The fraction of sp³-hybridized carbons (Fsp3) is 0.600. The van der Waals surface area contributed by atoms with Gasteiger partial charge in [-0.25, -0.2) is 0 Å². The normalized spacial score (nSPS) is 14.8. The van der Waals surface area contributed by atoms with Gasteiger partial charge in [-0.05, 0) is 36.9 Å². The predicted octanol–water partition coefficient (Wildman–Crippen LogP) is 3.88. The zero-order valence-corrected chi connectivity index (χ0v) is 11.1. The summed E-state index contributed by atoms with van der Waals surface area (Å²) in [5.74, 6) is 0.598. The van der Waals surface area contributed by atoms with E-state index in [-0.39, 0.29) is 0 Å². The van der Waals surface area contributed by atoms with Gasteiger partial charge in [-0.1, -0.05) is 51.5 Å². The molecule has 1 aromatic rings. The fourth-order valence-electron chi connectivity index (χ4n) is 2.42. The summed E-state index contributed by atoms with van der Waals surface area (Å²) in [4.78, 5) is 0. The van der Waals surface area contributed by atoms with Crippen molar-refractivity contribution < 1.29 is 0 Å². The largest absolute Gasteiger partial charge is 0.314 e. The van der Waals surface area contributed by atoms with Gasteiger partial charge in [-0.15, -0.1) is 0 Å². The number of nitrogens with one attached hydrogen (secondary N) is 1. The van der Waals surface area contributed by atoms with Crippen LogP contribution in [0.1, 0.15) is 50.7 Å². The number of hydrogen-bond acceptors (Lipinski definition) is 1. The van der Waals surface area contributed by atoms with Crippen molar-refractivity contribution in [2.75, 3.05) is 6.54 Å². The van der Waals surface area contributed by atoms with Gasteiger partial charge in [0.2, 0.25) is 0 Å². The summed E-state index contributed by atoms with van der Waals surface area (Å²) in [6.45, 7) is 10.1. The molecular formula is C15H25N. The van der Waals surface area contributed by atoms with E-state index in [1.807, 2.05) is 0 Å². The maximum Gasteiger partial charge on any atom is 0.0133 e. The Bertz CT molecular complexity index is 300. The molecule has 0 aromatic heterocycles. The quantitative estimate of drug-likeness (QED) is 0.765. The molecule has 1 heteroatoms. The van der Waals surface area contributed by atoms with Gasteiger partial charge >= 0.3 is 0 Å². The van der Waals surface area contributed by atoms with Crippen LogP contribution in [0.5, 0.6) is 0 Å². The summed E-state index contributed by atoms with van der Waals surface area (Å²) in [5, 5.41) is 3.61. The molecule has 0 amide bonds. The van der Waals surface area contributed by atoms with Crippen LogP contribution >= 0.6 is 0 Å². The molecule has 0 aliphatic carbocycles. The van der Waals surface area contributed by atoms with Gasteiger partial charge in [0.05, 0.1) is 0 Å². The van der Waals surface area contributed by atoms with E-state index < -0.39 is 0 Å². The molecule has 0 saturated carbocycles. The minimum atomic E-state index is 0.598. The van der Waals surface area contributed by atoms with Gasteiger partial charge in [0.15, 0.2) is 0 Å². The van der Waals surface area contributed by atoms with Gasteiger partial charge in [0.25, 0.3) is 0 Å². The average molecular weight is 219 g/mol. The standard InChI is InChI=1S/C15H25N/c1-5-9-15(16-6-2)13(4)14-11-8-7-10-12(14)3/h7-8,10-11,13,15-16H,5-6,9H2,1-4H3. The third-order valence-electron chi connectivity index (χ3n) is 3.35. The second kappa shape index (κ2) is 6.70. The molecule has 90 valence electrons. The molecule has 0 bridgehead atoms. The van der Waals surface area contributed by atoms with Crippen LogP contribution < -0.4 is 5.32 Å². The van der Waals surface area contributed by atoms with Crippen LogP contribution in [0.3, 0.4) is 0 Å². The molecule has 1 rings (SSSR count). The van der Waals surface area contributed by atoms with Crippen LogP contribution in [0.4, 0.5) is 0 Å². The number of likely N-dealkylation sites (N-methyl/N-ethyl adjacent to an activating group) is 1. The van der Waals surface area contributed by atoms with Gasteiger partial charge in [0.1, 0.15) is 0 Å². The fourth-order valence-corrected chi connectivity index (χ4v) is 2.42. The molecule has 2 unspecified atom stereocenters. The van der Waals surface area contributed by atoms with Crippen LogP contribution in [0, 0.1) is 6.92 Å². The van der Waals surface area contributed by atoms with Crippen molar-refractivity contribution in [1.29, 1.82) is 0 Å². The second-order valence-electron chi connectivity index (χ2n) is 4.60. The van der Waals surface area contributed by atoms with Crippen LogP contribution in [-0.2, 0) is 0 Å². The molecule has 0 radical (unpaired) electrons. The molecule has 0 saturated heterocycles. The number of aryl methyl sites for hydroxylation is 1. The average Bonchev–Trinajstić information content (AvgIpc) is 2.28. The van der Waals surface area contributed by atoms with Crippen LogP contribution in [-0.4, -0.2) is 12.6 Å². The highest BCUT2D eigenvalue weighted by Crippen LogP contribution is 2.24. The third-order valence-corrected chi connectivity index (χ3v) is 3.35. The van der Waals surface area contributed by atoms with E-state index in [9.17, 15) is 0 Å². The van der Waals surface area contributed by atoms with Crippen molar-refractivity contribution in [3.8, 4) is 0 Å². The van der Waals surface area contributed by atoms with Crippen molar-refractivity contribution in [1.82, 2.24) is 5.32 Å². The molecule has 0 heterocycles.